The molecule has 0 aliphatic carbocycles. The number of carbonyl (C=O) groups excluding carboxylic acids is 1. The third-order valence-electron chi connectivity index (χ3n) is 2.23. The number of nitriles is 1. The van der Waals surface area contributed by atoms with Gasteiger partial charge in [-0.3, -0.25) is 4.79 Å². The lowest BCUT2D eigenvalue weighted by molar-refractivity contribution is -0.117. The van der Waals surface area contributed by atoms with Gasteiger partial charge in [0.05, 0.1) is 37.5 Å². The molecule has 0 atom stereocenters. The van der Waals surface area contributed by atoms with Gasteiger partial charge in [-0.15, -0.1) is 0 Å². The van der Waals surface area contributed by atoms with E-state index in [0.717, 1.165) is 0 Å². The maximum atomic E-state index is 11.6. The van der Waals surface area contributed by atoms with Gasteiger partial charge >= 0.3 is 0 Å². The average Bonchev–Trinajstić information content (AvgIpc) is 2.39. The summed E-state index contributed by atoms with van der Waals surface area (Å²) in [5.41, 5.74) is 0.980. The van der Waals surface area contributed by atoms with Crippen LogP contribution >= 0.6 is 0 Å². The van der Waals surface area contributed by atoms with E-state index in [2.05, 4.69) is 5.32 Å². The molecule has 0 saturated heterocycles. The van der Waals surface area contributed by atoms with Crippen molar-refractivity contribution in [3.63, 3.8) is 0 Å². The van der Waals surface area contributed by atoms with Crippen LogP contribution in [0.2, 0.25) is 0 Å². The van der Waals surface area contributed by atoms with E-state index < -0.39 is 0 Å². The van der Waals surface area contributed by atoms with Crippen LogP contribution in [0.3, 0.4) is 0 Å². The molecule has 1 N–H and O–H groups in total. The fourth-order valence-electron chi connectivity index (χ4n) is 1.31. The number of hydrogen-bond donors (Lipinski definition) is 1. The second-order valence-corrected chi connectivity index (χ2v) is 3.56. The Morgan fingerprint density at radius 1 is 1.33 bits per heavy atom. The Labute approximate surface area is 106 Å². The van der Waals surface area contributed by atoms with Gasteiger partial charge in [-0.05, 0) is 12.1 Å². The molecule has 1 aromatic carbocycles. The van der Waals surface area contributed by atoms with Crippen molar-refractivity contribution in [2.24, 2.45) is 0 Å². The number of benzene rings is 1. The quantitative estimate of drug-likeness (QED) is 0.743. The van der Waals surface area contributed by atoms with Crippen molar-refractivity contribution in [2.75, 3.05) is 32.2 Å². The number of methoxy groups -OCH3 is 1. The number of para-hydroxylation sites is 1. The minimum Gasteiger partial charge on any atom is -0.382 e. The predicted molar refractivity (Wildman–Crippen MR) is 67.1 cm³/mol. The molecule has 1 amide bonds. The minimum absolute atomic E-state index is 0.171. The van der Waals surface area contributed by atoms with E-state index in [1.807, 2.05) is 6.07 Å². The Kier molecular flexibility index (Phi) is 6.47. The first-order valence-electron chi connectivity index (χ1n) is 5.63. The molecule has 1 rings (SSSR count). The molecule has 18 heavy (non-hydrogen) atoms. The van der Waals surface area contributed by atoms with Crippen molar-refractivity contribution in [2.45, 2.75) is 6.42 Å². The van der Waals surface area contributed by atoms with E-state index in [0.29, 0.717) is 31.1 Å². The monoisotopic (exact) mass is 248 g/mol. The van der Waals surface area contributed by atoms with Crippen LogP contribution in [-0.2, 0) is 14.3 Å². The summed E-state index contributed by atoms with van der Waals surface area (Å²) in [6.45, 7) is 1.32. The normalized spacial score (nSPS) is 9.78. The summed E-state index contributed by atoms with van der Waals surface area (Å²) < 4.78 is 10.0. The zero-order valence-corrected chi connectivity index (χ0v) is 10.3. The Balaban J connectivity index is 2.34. The molecule has 0 bridgehead atoms. The highest BCUT2D eigenvalue weighted by molar-refractivity contribution is 5.92. The minimum atomic E-state index is -0.171. The molecule has 0 spiro atoms. The Hall–Kier alpha value is -1.90. The van der Waals surface area contributed by atoms with E-state index >= 15 is 0 Å². The zero-order valence-electron chi connectivity index (χ0n) is 10.3. The third kappa shape index (κ3) is 4.95. The van der Waals surface area contributed by atoms with E-state index in [1.54, 1.807) is 31.4 Å². The van der Waals surface area contributed by atoms with Crippen molar-refractivity contribution in [1.82, 2.24) is 0 Å². The molecule has 0 aromatic heterocycles. The first kappa shape index (κ1) is 14.2. The standard InChI is InChI=1S/C13H16N2O3/c1-17-8-9-18-7-6-13(16)15-12-5-3-2-4-11(12)10-14/h2-5H,6-9H2,1H3,(H,15,16). The van der Waals surface area contributed by atoms with Gasteiger partial charge in [0.1, 0.15) is 6.07 Å². The number of carbonyl (C=O) groups is 1. The van der Waals surface area contributed by atoms with Crippen molar-refractivity contribution in [3.05, 3.63) is 29.8 Å². The van der Waals surface area contributed by atoms with E-state index in [9.17, 15) is 4.79 Å². The van der Waals surface area contributed by atoms with Crippen LogP contribution in [0.1, 0.15) is 12.0 Å². The van der Waals surface area contributed by atoms with Gasteiger partial charge in [-0.1, -0.05) is 12.1 Å². The van der Waals surface area contributed by atoms with Gasteiger partial charge in [0.25, 0.3) is 0 Å². The van der Waals surface area contributed by atoms with Gasteiger partial charge in [0.2, 0.25) is 5.91 Å². The SMILES string of the molecule is COCCOCCC(=O)Nc1ccccc1C#N. The summed E-state index contributed by atoms with van der Waals surface area (Å²) in [4.78, 5) is 11.6. The van der Waals surface area contributed by atoms with Crippen LogP contribution in [0.5, 0.6) is 0 Å². The summed E-state index contributed by atoms with van der Waals surface area (Å²) in [5, 5.41) is 11.5. The second-order valence-electron chi connectivity index (χ2n) is 3.56. The molecule has 5 nitrogen and oxygen atoms in total. The van der Waals surface area contributed by atoms with Gasteiger partial charge in [-0.25, -0.2) is 0 Å². The molecule has 1 aromatic rings. The van der Waals surface area contributed by atoms with Crippen LogP contribution in [0.4, 0.5) is 5.69 Å². The van der Waals surface area contributed by atoms with Gasteiger partial charge in [0, 0.05) is 7.11 Å². The van der Waals surface area contributed by atoms with E-state index in [4.69, 9.17) is 14.7 Å². The highest BCUT2D eigenvalue weighted by Crippen LogP contribution is 2.13. The molecule has 0 fully saturated rings. The van der Waals surface area contributed by atoms with Crippen LogP contribution < -0.4 is 5.32 Å². The summed E-state index contributed by atoms with van der Waals surface area (Å²) in [6.07, 6.45) is 0.253. The zero-order chi connectivity index (χ0) is 13.2. The lowest BCUT2D eigenvalue weighted by Crippen LogP contribution is -2.15. The fourth-order valence-corrected chi connectivity index (χ4v) is 1.31. The molecule has 96 valence electrons. The number of nitrogens with zero attached hydrogens (tertiary/aromatic N) is 1. The number of nitrogens with one attached hydrogen (secondary N) is 1. The van der Waals surface area contributed by atoms with Gasteiger partial charge < -0.3 is 14.8 Å². The average molecular weight is 248 g/mol. The van der Waals surface area contributed by atoms with E-state index in [-0.39, 0.29) is 12.3 Å². The van der Waals surface area contributed by atoms with Crippen LogP contribution in [0.15, 0.2) is 24.3 Å². The highest BCUT2D eigenvalue weighted by Gasteiger charge is 2.05. The topological polar surface area (TPSA) is 71.3 Å². The Morgan fingerprint density at radius 2 is 2.11 bits per heavy atom. The lowest BCUT2D eigenvalue weighted by atomic mass is 10.2. The maximum Gasteiger partial charge on any atom is 0.226 e. The highest BCUT2D eigenvalue weighted by atomic mass is 16.5. The molecule has 0 heterocycles. The molecule has 0 aliphatic heterocycles. The molecule has 0 radical (unpaired) electrons. The lowest BCUT2D eigenvalue weighted by Gasteiger charge is -2.07. The number of hydrogen-bond acceptors (Lipinski definition) is 4. The van der Waals surface area contributed by atoms with Crippen molar-refractivity contribution < 1.29 is 14.3 Å². The number of ether oxygens (including phenoxy) is 2. The molecule has 0 aliphatic rings. The molecular weight excluding hydrogens is 232 g/mol. The number of rotatable bonds is 7. The van der Waals surface area contributed by atoms with Crippen LogP contribution in [0.25, 0.3) is 0 Å². The number of amides is 1. The van der Waals surface area contributed by atoms with Gasteiger partial charge in [-0.2, -0.15) is 5.26 Å². The number of anilines is 1. The van der Waals surface area contributed by atoms with Crippen molar-refractivity contribution in [1.29, 1.82) is 5.26 Å². The fraction of sp³-hybridized carbons (Fsp3) is 0.385. The molecular formula is C13H16N2O3. The van der Waals surface area contributed by atoms with Gasteiger partial charge in [0.15, 0.2) is 0 Å². The summed E-state index contributed by atoms with van der Waals surface area (Å²) in [7, 11) is 1.59. The van der Waals surface area contributed by atoms with Crippen LogP contribution in [0, 0.1) is 11.3 Å². The van der Waals surface area contributed by atoms with Crippen molar-refractivity contribution >= 4 is 11.6 Å². The molecule has 0 unspecified atom stereocenters. The van der Waals surface area contributed by atoms with Crippen molar-refractivity contribution in [3.8, 4) is 6.07 Å². The predicted octanol–water partition coefficient (Wildman–Crippen LogP) is 1.55. The maximum absolute atomic E-state index is 11.6. The largest absolute Gasteiger partial charge is 0.382 e. The van der Waals surface area contributed by atoms with E-state index in [1.165, 1.54) is 0 Å². The second kappa shape index (κ2) is 8.23. The Bertz CT molecular complexity index is 426. The third-order valence-corrected chi connectivity index (χ3v) is 2.23. The summed E-state index contributed by atoms with van der Waals surface area (Å²) >= 11 is 0. The summed E-state index contributed by atoms with van der Waals surface area (Å²) in [6, 6.07) is 8.90. The first-order chi connectivity index (χ1) is 8.77. The smallest absolute Gasteiger partial charge is 0.226 e. The summed E-state index contributed by atoms with van der Waals surface area (Å²) in [5.74, 6) is -0.171. The van der Waals surface area contributed by atoms with Crippen LogP contribution in [-0.4, -0.2) is 32.8 Å². The molecule has 5 heteroatoms. The Morgan fingerprint density at radius 3 is 2.83 bits per heavy atom. The molecule has 0 saturated carbocycles. The first-order valence-corrected chi connectivity index (χ1v) is 5.63.